The van der Waals surface area contributed by atoms with E-state index in [1.807, 2.05) is 54.6 Å². The Balaban J connectivity index is 1.88. The van der Waals surface area contributed by atoms with Crippen LogP contribution >= 0.6 is 39.9 Å². The second-order valence-corrected chi connectivity index (χ2v) is 8.24. The van der Waals surface area contributed by atoms with E-state index in [4.69, 9.17) is 12.2 Å². The van der Waals surface area contributed by atoms with Gasteiger partial charge < -0.3 is 5.11 Å². The van der Waals surface area contributed by atoms with Crippen LogP contribution in [0.2, 0.25) is 0 Å². The monoisotopic (exact) mass is 447 g/mol. The summed E-state index contributed by atoms with van der Waals surface area (Å²) in [6.45, 7) is 0. The highest BCUT2D eigenvalue weighted by atomic mass is 79.9. The van der Waals surface area contributed by atoms with Gasteiger partial charge in [-0.15, -0.1) is 0 Å². The van der Waals surface area contributed by atoms with Crippen molar-refractivity contribution in [3.8, 4) is 0 Å². The SMILES string of the molecule is O=C(O)[C@@H](Cc1ccccc1)N1C(=O)/C(=C\c2cccc(Br)c2)SC1=S. The first-order valence-corrected chi connectivity index (χ1v) is 9.77. The number of thioether (sulfide) groups is 1. The van der Waals surface area contributed by atoms with Gasteiger partial charge in [0, 0.05) is 10.9 Å². The van der Waals surface area contributed by atoms with Gasteiger partial charge in [0.2, 0.25) is 0 Å². The molecule has 1 saturated heterocycles. The largest absolute Gasteiger partial charge is 0.480 e. The molecule has 3 rings (SSSR count). The number of nitrogens with zero attached hydrogens (tertiary/aromatic N) is 1. The van der Waals surface area contributed by atoms with Crippen molar-refractivity contribution in [2.75, 3.05) is 0 Å². The average Bonchev–Trinajstić information content (AvgIpc) is 2.87. The summed E-state index contributed by atoms with van der Waals surface area (Å²) in [4.78, 5) is 26.2. The Kier molecular flexibility index (Phi) is 5.90. The van der Waals surface area contributed by atoms with Crippen LogP contribution in [-0.2, 0) is 16.0 Å². The van der Waals surface area contributed by atoms with E-state index in [0.717, 1.165) is 27.4 Å². The molecule has 26 heavy (non-hydrogen) atoms. The molecule has 0 aromatic heterocycles. The minimum absolute atomic E-state index is 0.201. The van der Waals surface area contributed by atoms with Crippen LogP contribution in [0.25, 0.3) is 6.08 Å². The van der Waals surface area contributed by atoms with E-state index < -0.39 is 12.0 Å². The number of thiocarbonyl (C=S) groups is 1. The van der Waals surface area contributed by atoms with Crippen molar-refractivity contribution < 1.29 is 14.7 Å². The zero-order chi connectivity index (χ0) is 18.7. The number of hydrogen-bond acceptors (Lipinski definition) is 4. The molecule has 2 aromatic rings. The molecular weight excluding hydrogens is 434 g/mol. The predicted molar refractivity (Wildman–Crippen MR) is 111 cm³/mol. The number of carboxylic acids is 1. The summed E-state index contributed by atoms with van der Waals surface area (Å²) < 4.78 is 1.16. The predicted octanol–water partition coefficient (Wildman–Crippen LogP) is 4.35. The zero-order valence-electron chi connectivity index (χ0n) is 13.5. The van der Waals surface area contributed by atoms with Gasteiger partial charge >= 0.3 is 5.97 Å². The fraction of sp³-hybridized carbons (Fsp3) is 0.105. The summed E-state index contributed by atoms with van der Waals surface area (Å²) in [5.41, 5.74) is 1.68. The van der Waals surface area contributed by atoms with Crippen LogP contribution in [0.1, 0.15) is 11.1 Å². The first kappa shape index (κ1) is 18.8. The van der Waals surface area contributed by atoms with Crippen molar-refractivity contribution in [1.82, 2.24) is 4.90 Å². The molecule has 1 fully saturated rings. The van der Waals surface area contributed by atoms with E-state index >= 15 is 0 Å². The summed E-state index contributed by atoms with van der Waals surface area (Å²) >= 11 is 9.83. The lowest BCUT2D eigenvalue weighted by atomic mass is 10.0. The molecule has 7 heteroatoms. The number of hydrogen-bond donors (Lipinski definition) is 1. The topological polar surface area (TPSA) is 57.6 Å². The molecule has 0 aliphatic carbocycles. The van der Waals surface area contributed by atoms with Crippen LogP contribution in [0.15, 0.2) is 64.0 Å². The summed E-state index contributed by atoms with van der Waals surface area (Å²) in [5.74, 6) is -1.45. The molecule has 1 amide bonds. The van der Waals surface area contributed by atoms with Crippen molar-refractivity contribution >= 4 is 62.2 Å². The van der Waals surface area contributed by atoms with E-state index in [0.29, 0.717) is 4.91 Å². The quantitative estimate of drug-likeness (QED) is 0.545. The van der Waals surface area contributed by atoms with Crippen molar-refractivity contribution in [2.45, 2.75) is 12.5 Å². The minimum atomic E-state index is -1.08. The number of carbonyl (C=O) groups is 2. The van der Waals surface area contributed by atoms with Gasteiger partial charge in [0.05, 0.1) is 4.91 Å². The molecule has 2 aromatic carbocycles. The number of carbonyl (C=O) groups excluding carboxylic acids is 1. The summed E-state index contributed by atoms with van der Waals surface area (Å²) in [6.07, 6.45) is 1.93. The third kappa shape index (κ3) is 4.23. The number of aliphatic carboxylic acids is 1. The van der Waals surface area contributed by atoms with E-state index in [2.05, 4.69) is 15.9 Å². The number of benzene rings is 2. The molecule has 1 aliphatic heterocycles. The number of carboxylic acid groups (broad SMARTS) is 1. The summed E-state index contributed by atoms with van der Waals surface area (Å²) in [6, 6.07) is 15.7. The van der Waals surface area contributed by atoms with Gasteiger partial charge in [-0.2, -0.15) is 0 Å². The maximum Gasteiger partial charge on any atom is 0.327 e. The molecule has 1 heterocycles. The molecule has 0 saturated carbocycles. The van der Waals surface area contributed by atoms with E-state index in [1.165, 1.54) is 4.90 Å². The molecule has 4 nitrogen and oxygen atoms in total. The number of rotatable bonds is 5. The third-order valence-corrected chi connectivity index (χ3v) is 5.66. The first-order chi connectivity index (χ1) is 12.5. The molecule has 0 bridgehead atoms. The smallest absolute Gasteiger partial charge is 0.327 e. The highest BCUT2D eigenvalue weighted by Crippen LogP contribution is 2.35. The maximum atomic E-state index is 12.8. The van der Waals surface area contributed by atoms with Gasteiger partial charge in [-0.25, -0.2) is 4.79 Å². The van der Waals surface area contributed by atoms with Crippen molar-refractivity contribution in [2.24, 2.45) is 0 Å². The summed E-state index contributed by atoms with van der Waals surface area (Å²) in [5, 5.41) is 9.65. The Morgan fingerprint density at radius 2 is 1.96 bits per heavy atom. The van der Waals surface area contributed by atoms with Gasteiger partial charge in [-0.3, -0.25) is 9.69 Å². The number of halogens is 1. The normalized spacial score (nSPS) is 17.0. The molecule has 1 aliphatic rings. The highest BCUT2D eigenvalue weighted by molar-refractivity contribution is 9.10. The Bertz CT molecular complexity index is 899. The fourth-order valence-electron chi connectivity index (χ4n) is 2.62. The summed E-state index contributed by atoms with van der Waals surface area (Å²) in [7, 11) is 0. The van der Waals surface area contributed by atoms with E-state index in [1.54, 1.807) is 6.08 Å². The second-order valence-electron chi connectivity index (χ2n) is 5.65. The van der Waals surface area contributed by atoms with Crippen LogP contribution < -0.4 is 0 Å². The molecule has 1 atom stereocenters. The molecule has 0 radical (unpaired) electrons. The lowest BCUT2D eigenvalue weighted by Gasteiger charge is -2.23. The van der Waals surface area contributed by atoms with Gasteiger partial charge in [0.15, 0.2) is 0 Å². The second kappa shape index (κ2) is 8.16. The molecule has 0 unspecified atom stereocenters. The Morgan fingerprint density at radius 1 is 1.23 bits per heavy atom. The van der Waals surface area contributed by atoms with Crippen LogP contribution in [-0.4, -0.2) is 32.2 Å². The van der Waals surface area contributed by atoms with Crippen molar-refractivity contribution in [3.63, 3.8) is 0 Å². The highest BCUT2D eigenvalue weighted by Gasteiger charge is 2.40. The van der Waals surface area contributed by atoms with Crippen LogP contribution in [0.5, 0.6) is 0 Å². The molecule has 0 spiro atoms. The van der Waals surface area contributed by atoms with Gasteiger partial charge in [-0.05, 0) is 29.3 Å². The third-order valence-electron chi connectivity index (χ3n) is 3.84. The first-order valence-electron chi connectivity index (χ1n) is 7.75. The Hall–Kier alpha value is -1.96. The van der Waals surface area contributed by atoms with E-state index in [-0.39, 0.29) is 16.6 Å². The Labute approximate surface area is 169 Å². The standard InChI is InChI=1S/C19H14BrNO3S2/c20-14-8-4-7-13(9-14)11-16-17(22)21(19(25)26-16)15(18(23)24)10-12-5-2-1-3-6-12/h1-9,11,15H,10H2,(H,23,24)/b16-11+/t15-/m1/s1. The van der Waals surface area contributed by atoms with Gasteiger partial charge in [-0.1, -0.05) is 82.4 Å². The number of amides is 1. The van der Waals surface area contributed by atoms with Gasteiger partial charge in [0.1, 0.15) is 10.4 Å². The van der Waals surface area contributed by atoms with Crippen LogP contribution in [0.4, 0.5) is 0 Å². The molecule has 1 N–H and O–H groups in total. The average molecular weight is 448 g/mol. The Morgan fingerprint density at radius 3 is 2.62 bits per heavy atom. The lowest BCUT2D eigenvalue weighted by Crippen LogP contribution is -2.45. The van der Waals surface area contributed by atoms with Crippen molar-refractivity contribution in [3.05, 3.63) is 75.1 Å². The van der Waals surface area contributed by atoms with Crippen molar-refractivity contribution in [1.29, 1.82) is 0 Å². The lowest BCUT2D eigenvalue weighted by molar-refractivity contribution is -0.145. The van der Waals surface area contributed by atoms with E-state index in [9.17, 15) is 14.7 Å². The fourth-order valence-corrected chi connectivity index (χ4v) is 4.40. The van der Waals surface area contributed by atoms with Gasteiger partial charge in [0.25, 0.3) is 5.91 Å². The minimum Gasteiger partial charge on any atom is -0.480 e. The molecular formula is C19H14BrNO3S2. The van der Waals surface area contributed by atoms with Crippen LogP contribution in [0.3, 0.4) is 0 Å². The molecule has 132 valence electrons. The zero-order valence-corrected chi connectivity index (χ0v) is 16.7. The van der Waals surface area contributed by atoms with Crippen LogP contribution in [0, 0.1) is 0 Å². The maximum absolute atomic E-state index is 12.8.